The van der Waals surface area contributed by atoms with Crippen LogP contribution in [0.4, 0.5) is 5.69 Å². The number of hydrogen-bond donors (Lipinski definition) is 0. The minimum Gasteiger partial charge on any atom is -0.258 e. The van der Waals surface area contributed by atoms with Gasteiger partial charge in [0.1, 0.15) is 5.69 Å². The molecular formula is C16H12N2O2. The quantitative estimate of drug-likeness (QED) is 0.535. The zero-order valence-corrected chi connectivity index (χ0v) is 10.7. The molecule has 3 rings (SSSR count). The molecular weight excluding hydrogens is 252 g/mol. The van der Waals surface area contributed by atoms with E-state index in [9.17, 15) is 10.1 Å². The Labute approximate surface area is 115 Å². The van der Waals surface area contributed by atoms with Crippen molar-refractivity contribution >= 4 is 16.6 Å². The van der Waals surface area contributed by atoms with Crippen LogP contribution < -0.4 is 0 Å². The van der Waals surface area contributed by atoms with Crippen LogP contribution in [0.25, 0.3) is 10.9 Å². The summed E-state index contributed by atoms with van der Waals surface area (Å²) in [5.74, 6) is 0. The van der Waals surface area contributed by atoms with E-state index in [2.05, 4.69) is 4.98 Å². The van der Waals surface area contributed by atoms with Crippen molar-refractivity contribution in [3.05, 3.63) is 82.0 Å². The molecule has 0 radical (unpaired) electrons. The van der Waals surface area contributed by atoms with E-state index in [4.69, 9.17) is 0 Å². The maximum Gasteiger partial charge on any atom is 0.291 e. The van der Waals surface area contributed by atoms with E-state index in [1.54, 1.807) is 6.07 Å². The van der Waals surface area contributed by atoms with Gasteiger partial charge in [0, 0.05) is 17.9 Å². The lowest BCUT2D eigenvalue weighted by Gasteiger charge is -2.05. The average Bonchev–Trinajstić information content (AvgIpc) is 2.47. The fourth-order valence-electron chi connectivity index (χ4n) is 2.22. The third-order valence-corrected chi connectivity index (χ3v) is 3.19. The van der Waals surface area contributed by atoms with Crippen LogP contribution in [0.2, 0.25) is 0 Å². The molecule has 0 unspecified atom stereocenters. The summed E-state index contributed by atoms with van der Waals surface area (Å²) in [5, 5.41) is 12.0. The van der Waals surface area contributed by atoms with Gasteiger partial charge in [-0.15, -0.1) is 0 Å². The molecule has 0 fully saturated rings. The molecule has 3 aromatic rings. The lowest BCUT2D eigenvalue weighted by molar-refractivity contribution is -0.385. The Morgan fingerprint density at radius 1 is 1.00 bits per heavy atom. The molecule has 98 valence electrons. The van der Waals surface area contributed by atoms with Gasteiger partial charge in [-0.25, -0.2) is 4.98 Å². The van der Waals surface area contributed by atoms with Crippen molar-refractivity contribution in [2.45, 2.75) is 6.42 Å². The molecule has 4 heteroatoms. The predicted octanol–water partition coefficient (Wildman–Crippen LogP) is 3.73. The molecule has 0 saturated heterocycles. The Morgan fingerprint density at radius 2 is 1.70 bits per heavy atom. The van der Waals surface area contributed by atoms with Crippen LogP contribution in [0.15, 0.2) is 60.7 Å². The molecule has 20 heavy (non-hydrogen) atoms. The van der Waals surface area contributed by atoms with Crippen LogP contribution in [0.1, 0.15) is 11.3 Å². The molecule has 0 amide bonds. The van der Waals surface area contributed by atoms with Crippen molar-refractivity contribution in [3.63, 3.8) is 0 Å². The van der Waals surface area contributed by atoms with Gasteiger partial charge >= 0.3 is 0 Å². The molecule has 1 heterocycles. The van der Waals surface area contributed by atoms with E-state index in [0.29, 0.717) is 12.1 Å². The van der Waals surface area contributed by atoms with Crippen molar-refractivity contribution in [3.8, 4) is 0 Å². The van der Waals surface area contributed by atoms with Crippen LogP contribution in [-0.4, -0.2) is 9.91 Å². The number of hydrogen-bond acceptors (Lipinski definition) is 3. The van der Waals surface area contributed by atoms with E-state index in [1.165, 1.54) is 0 Å². The van der Waals surface area contributed by atoms with Crippen molar-refractivity contribution in [1.29, 1.82) is 0 Å². The molecule has 0 bridgehead atoms. The van der Waals surface area contributed by atoms with Crippen molar-refractivity contribution in [2.24, 2.45) is 0 Å². The molecule has 1 aromatic heterocycles. The number of aromatic nitrogens is 1. The summed E-state index contributed by atoms with van der Waals surface area (Å²) in [5.41, 5.74) is 2.37. The summed E-state index contributed by atoms with van der Waals surface area (Å²) in [6.07, 6.45) is 0.460. The maximum atomic E-state index is 11.2. The third kappa shape index (κ3) is 2.36. The highest BCUT2D eigenvalue weighted by atomic mass is 16.6. The fourth-order valence-corrected chi connectivity index (χ4v) is 2.22. The SMILES string of the molecule is O=[N+]([O-])c1cc2ccccc2nc1Cc1ccccc1. The van der Waals surface area contributed by atoms with Gasteiger partial charge in [0.05, 0.1) is 10.4 Å². The van der Waals surface area contributed by atoms with Crippen molar-refractivity contribution in [2.75, 3.05) is 0 Å². The summed E-state index contributed by atoms with van der Waals surface area (Å²) in [4.78, 5) is 15.3. The minimum atomic E-state index is -0.363. The Bertz CT molecular complexity index is 770. The summed E-state index contributed by atoms with van der Waals surface area (Å²) < 4.78 is 0. The van der Waals surface area contributed by atoms with Crippen LogP contribution >= 0.6 is 0 Å². The number of benzene rings is 2. The molecule has 0 N–H and O–H groups in total. The molecule has 2 aromatic carbocycles. The highest BCUT2D eigenvalue weighted by Crippen LogP contribution is 2.24. The standard InChI is InChI=1S/C16H12N2O2/c19-18(20)16-11-13-8-4-5-9-14(13)17-15(16)10-12-6-2-1-3-7-12/h1-9,11H,10H2. The Kier molecular flexibility index (Phi) is 3.13. The third-order valence-electron chi connectivity index (χ3n) is 3.19. The second-order valence-corrected chi connectivity index (χ2v) is 4.57. The molecule has 4 nitrogen and oxygen atoms in total. The predicted molar refractivity (Wildman–Crippen MR) is 77.6 cm³/mol. The Morgan fingerprint density at radius 3 is 2.45 bits per heavy atom. The smallest absolute Gasteiger partial charge is 0.258 e. The van der Waals surface area contributed by atoms with Gasteiger partial charge < -0.3 is 0 Å². The average molecular weight is 264 g/mol. The second-order valence-electron chi connectivity index (χ2n) is 4.57. The van der Waals surface area contributed by atoms with Gasteiger partial charge in [-0.2, -0.15) is 0 Å². The number of nitrogens with zero attached hydrogens (tertiary/aromatic N) is 2. The van der Waals surface area contributed by atoms with E-state index in [1.807, 2.05) is 54.6 Å². The number of para-hydroxylation sites is 1. The topological polar surface area (TPSA) is 56.0 Å². The van der Waals surface area contributed by atoms with Gasteiger partial charge in [-0.3, -0.25) is 10.1 Å². The summed E-state index contributed by atoms with van der Waals surface area (Å²) >= 11 is 0. The first kappa shape index (κ1) is 12.3. The zero-order chi connectivity index (χ0) is 13.9. The molecule has 0 spiro atoms. The largest absolute Gasteiger partial charge is 0.291 e. The van der Waals surface area contributed by atoms with Crippen LogP contribution in [-0.2, 0) is 6.42 Å². The molecule has 0 aliphatic carbocycles. The van der Waals surface area contributed by atoms with E-state index in [-0.39, 0.29) is 10.6 Å². The number of pyridine rings is 1. The lowest BCUT2D eigenvalue weighted by Crippen LogP contribution is -2.00. The van der Waals surface area contributed by atoms with Gasteiger partial charge in [-0.1, -0.05) is 48.5 Å². The van der Waals surface area contributed by atoms with Gasteiger partial charge in [0.25, 0.3) is 5.69 Å². The van der Waals surface area contributed by atoms with Crippen molar-refractivity contribution < 1.29 is 4.92 Å². The summed E-state index contributed by atoms with van der Waals surface area (Å²) in [6, 6.07) is 18.7. The molecule has 0 saturated carbocycles. The van der Waals surface area contributed by atoms with E-state index in [0.717, 1.165) is 16.5 Å². The first-order chi connectivity index (χ1) is 9.74. The Balaban J connectivity index is 2.12. The zero-order valence-electron chi connectivity index (χ0n) is 10.7. The van der Waals surface area contributed by atoms with E-state index >= 15 is 0 Å². The Hall–Kier alpha value is -2.75. The van der Waals surface area contributed by atoms with Gasteiger partial charge in [0.2, 0.25) is 0 Å². The monoisotopic (exact) mass is 264 g/mol. The summed E-state index contributed by atoms with van der Waals surface area (Å²) in [7, 11) is 0. The normalized spacial score (nSPS) is 10.6. The van der Waals surface area contributed by atoms with Gasteiger partial charge in [0.15, 0.2) is 0 Å². The minimum absolute atomic E-state index is 0.0764. The maximum absolute atomic E-state index is 11.2. The fraction of sp³-hybridized carbons (Fsp3) is 0.0625. The second kappa shape index (κ2) is 5.09. The number of fused-ring (bicyclic) bond motifs is 1. The van der Waals surface area contributed by atoms with Gasteiger partial charge in [-0.05, 0) is 11.6 Å². The first-order valence-corrected chi connectivity index (χ1v) is 6.31. The van der Waals surface area contributed by atoms with Crippen LogP contribution in [0, 0.1) is 10.1 Å². The van der Waals surface area contributed by atoms with Crippen molar-refractivity contribution in [1.82, 2.24) is 4.98 Å². The summed E-state index contributed by atoms with van der Waals surface area (Å²) in [6.45, 7) is 0. The van der Waals surface area contributed by atoms with Crippen LogP contribution in [0.3, 0.4) is 0 Å². The lowest BCUT2D eigenvalue weighted by atomic mass is 10.1. The number of rotatable bonds is 3. The molecule has 0 atom stereocenters. The van der Waals surface area contributed by atoms with Crippen LogP contribution in [0.5, 0.6) is 0 Å². The first-order valence-electron chi connectivity index (χ1n) is 6.31. The van der Waals surface area contributed by atoms with E-state index < -0.39 is 0 Å². The highest BCUT2D eigenvalue weighted by Gasteiger charge is 2.16. The molecule has 0 aliphatic heterocycles. The molecule has 0 aliphatic rings. The number of nitro groups is 1. The highest BCUT2D eigenvalue weighted by molar-refractivity contribution is 5.81.